The number of rotatable bonds is 3. The van der Waals surface area contributed by atoms with Crippen LogP contribution in [-0.4, -0.2) is 64.3 Å². The lowest BCUT2D eigenvalue weighted by molar-refractivity contribution is -0.123. The van der Waals surface area contributed by atoms with Crippen LogP contribution in [0.15, 0.2) is 23.1 Å². The first-order chi connectivity index (χ1) is 11.3. The number of fused-ring (bicyclic) bond motifs is 1. The fraction of sp³-hybridized carbons (Fsp3) is 0.588. The van der Waals surface area contributed by atoms with Gasteiger partial charge in [-0.1, -0.05) is 0 Å². The Hall–Kier alpha value is -1.44. The zero-order valence-electron chi connectivity index (χ0n) is 14.5. The van der Waals surface area contributed by atoms with Gasteiger partial charge < -0.3 is 9.80 Å². The molecule has 0 aliphatic carbocycles. The molecule has 0 N–H and O–H groups in total. The Bertz CT molecular complexity index is 745. The van der Waals surface area contributed by atoms with Gasteiger partial charge in [0.15, 0.2) is 0 Å². The molecule has 0 saturated carbocycles. The molecule has 2 aliphatic rings. The summed E-state index contributed by atoms with van der Waals surface area (Å²) in [6.45, 7) is 2.49. The van der Waals surface area contributed by atoms with Crippen molar-refractivity contribution in [2.75, 3.05) is 45.7 Å². The molecule has 1 amide bonds. The van der Waals surface area contributed by atoms with Gasteiger partial charge in [0, 0.05) is 32.9 Å². The summed E-state index contributed by atoms with van der Waals surface area (Å²) in [5.41, 5.74) is 1.81. The van der Waals surface area contributed by atoms with Gasteiger partial charge in [0.1, 0.15) is 0 Å². The molecule has 24 heavy (non-hydrogen) atoms. The highest BCUT2D eigenvalue weighted by Crippen LogP contribution is 2.33. The van der Waals surface area contributed by atoms with Crippen molar-refractivity contribution < 1.29 is 13.2 Å². The summed E-state index contributed by atoms with van der Waals surface area (Å²) in [5.74, 6) is 0.211. The molecule has 1 fully saturated rings. The predicted molar refractivity (Wildman–Crippen MR) is 93.6 cm³/mol. The lowest BCUT2D eigenvalue weighted by Crippen LogP contribution is -2.43. The summed E-state index contributed by atoms with van der Waals surface area (Å²) in [4.78, 5) is 17.2. The fourth-order valence-corrected chi connectivity index (χ4v) is 4.52. The number of amides is 1. The van der Waals surface area contributed by atoms with Gasteiger partial charge in [-0.3, -0.25) is 4.79 Å². The Balaban J connectivity index is 1.84. The van der Waals surface area contributed by atoms with Crippen LogP contribution in [0.1, 0.15) is 18.4 Å². The standard InChI is InChI=1S/C17H25N3O3S/c1-18(2)24(22,23)15-6-7-16-13(11-15)8-10-20(16)17(21)14-5-4-9-19(3)12-14/h6-7,11,14H,4-5,8-10,12H2,1-3H3. The van der Waals surface area contributed by atoms with Crippen LogP contribution in [0.2, 0.25) is 0 Å². The van der Waals surface area contributed by atoms with Crippen molar-refractivity contribution >= 4 is 21.6 Å². The Kier molecular flexibility index (Phi) is 4.68. The molecular formula is C17H25N3O3S. The summed E-state index contributed by atoms with van der Waals surface area (Å²) in [7, 11) is 1.66. The second-order valence-corrected chi connectivity index (χ2v) is 9.07. The number of carbonyl (C=O) groups excluding carboxylic acids is 1. The van der Waals surface area contributed by atoms with Crippen LogP contribution in [0.5, 0.6) is 0 Å². The van der Waals surface area contributed by atoms with E-state index in [0.717, 1.165) is 37.2 Å². The first kappa shape index (κ1) is 17.4. The van der Waals surface area contributed by atoms with Crippen molar-refractivity contribution in [2.45, 2.75) is 24.2 Å². The van der Waals surface area contributed by atoms with Crippen LogP contribution in [0, 0.1) is 5.92 Å². The van der Waals surface area contributed by atoms with E-state index in [-0.39, 0.29) is 16.7 Å². The van der Waals surface area contributed by atoms with Crippen LogP contribution < -0.4 is 4.90 Å². The molecule has 0 bridgehead atoms. The van der Waals surface area contributed by atoms with Crippen molar-refractivity contribution in [3.05, 3.63) is 23.8 Å². The van der Waals surface area contributed by atoms with Gasteiger partial charge in [-0.2, -0.15) is 0 Å². The van der Waals surface area contributed by atoms with E-state index in [1.165, 1.54) is 18.4 Å². The maximum atomic E-state index is 12.9. The number of hydrogen-bond acceptors (Lipinski definition) is 4. The first-order valence-electron chi connectivity index (χ1n) is 8.36. The van der Waals surface area contributed by atoms with E-state index in [1.54, 1.807) is 18.2 Å². The summed E-state index contributed by atoms with van der Waals surface area (Å²) in [6, 6.07) is 5.10. The van der Waals surface area contributed by atoms with Crippen molar-refractivity contribution in [1.82, 2.24) is 9.21 Å². The SMILES string of the molecule is CN1CCCC(C(=O)N2CCc3cc(S(=O)(=O)N(C)C)ccc32)C1. The highest BCUT2D eigenvalue weighted by atomic mass is 32.2. The third kappa shape index (κ3) is 3.08. The average molecular weight is 351 g/mol. The summed E-state index contributed by atoms with van der Waals surface area (Å²) < 4.78 is 25.8. The number of sulfonamides is 1. The molecule has 7 heteroatoms. The van der Waals surface area contributed by atoms with Crippen molar-refractivity contribution in [2.24, 2.45) is 5.92 Å². The molecule has 0 radical (unpaired) electrons. The second-order valence-electron chi connectivity index (χ2n) is 6.92. The third-order valence-corrected chi connectivity index (χ3v) is 6.78. The molecule has 1 atom stereocenters. The molecule has 1 unspecified atom stereocenters. The van der Waals surface area contributed by atoms with E-state index >= 15 is 0 Å². The number of benzene rings is 1. The Morgan fingerprint density at radius 1 is 1.25 bits per heavy atom. The number of likely N-dealkylation sites (tertiary alicyclic amines) is 1. The topological polar surface area (TPSA) is 60.9 Å². The molecule has 1 aromatic rings. The fourth-order valence-electron chi connectivity index (χ4n) is 3.57. The highest BCUT2D eigenvalue weighted by Gasteiger charge is 2.33. The quantitative estimate of drug-likeness (QED) is 0.820. The lowest BCUT2D eigenvalue weighted by atomic mass is 9.97. The molecule has 3 rings (SSSR count). The third-order valence-electron chi connectivity index (χ3n) is 4.96. The van der Waals surface area contributed by atoms with E-state index in [1.807, 2.05) is 4.90 Å². The smallest absolute Gasteiger partial charge is 0.242 e. The Labute approximate surface area is 144 Å². The molecule has 1 saturated heterocycles. The zero-order valence-corrected chi connectivity index (χ0v) is 15.3. The molecule has 1 aromatic carbocycles. The number of carbonyl (C=O) groups is 1. The van der Waals surface area contributed by atoms with Crippen LogP contribution >= 0.6 is 0 Å². The monoisotopic (exact) mass is 351 g/mol. The first-order valence-corrected chi connectivity index (χ1v) is 9.80. The molecular weight excluding hydrogens is 326 g/mol. The molecule has 6 nitrogen and oxygen atoms in total. The largest absolute Gasteiger partial charge is 0.312 e. The maximum Gasteiger partial charge on any atom is 0.242 e. The highest BCUT2D eigenvalue weighted by molar-refractivity contribution is 7.89. The van der Waals surface area contributed by atoms with Gasteiger partial charge in [-0.15, -0.1) is 0 Å². The zero-order chi connectivity index (χ0) is 17.5. The number of anilines is 1. The van der Waals surface area contributed by atoms with Gasteiger partial charge in [0.25, 0.3) is 0 Å². The van der Waals surface area contributed by atoms with Crippen molar-refractivity contribution in [3.63, 3.8) is 0 Å². The van der Waals surface area contributed by atoms with Gasteiger partial charge >= 0.3 is 0 Å². The molecule has 0 aromatic heterocycles. The van der Waals surface area contributed by atoms with E-state index in [0.29, 0.717) is 13.0 Å². The number of piperidine rings is 1. The van der Waals surface area contributed by atoms with E-state index in [9.17, 15) is 13.2 Å². The van der Waals surface area contributed by atoms with Crippen LogP contribution in [0.3, 0.4) is 0 Å². The minimum atomic E-state index is -3.44. The van der Waals surface area contributed by atoms with Gasteiger partial charge in [0.2, 0.25) is 15.9 Å². The molecule has 0 spiro atoms. The summed E-state index contributed by atoms with van der Waals surface area (Å²) in [6.07, 6.45) is 2.69. The average Bonchev–Trinajstić information content (AvgIpc) is 2.97. The molecule has 132 valence electrons. The van der Waals surface area contributed by atoms with Gasteiger partial charge in [-0.05, 0) is 56.6 Å². The Morgan fingerprint density at radius 2 is 2.00 bits per heavy atom. The van der Waals surface area contributed by atoms with Crippen LogP contribution in [0.25, 0.3) is 0 Å². The summed E-state index contributed by atoms with van der Waals surface area (Å²) in [5, 5.41) is 0. The molecule has 2 aliphatic heterocycles. The normalized spacial score (nSPS) is 22.0. The second kappa shape index (κ2) is 6.46. The van der Waals surface area contributed by atoms with Crippen LogP contribution in [-0.2, 0) is 21.2 Å². The van der Waals surface area contributed by atoms with E-state index in [4.69, 9.17) is 0 Å². The maximum absolute atomic E-state index is 12.9. The van der Waals surface area contributed by atoms with E-state index in [2.05, 4.69) is 11.9 Å². The number of nitrogens with zero attached hydrogens (tertiary/aromatic N) is 3. The lowest BCUT2D eigenvalue weighted by Gasteiger charge is -2.31. The molecule has 2 heterocycles. The summed E-state index contributed by atoms with van der Waals surface area (Å²) >= 11 is 0. The van der Waals surface area contributed by atoms with Crippen molar-refractivity contribution in [3.8, 4) is 0 Å². The van der Waals surface area contributed by atoms with Crippen LogP contribution in [0.4, 0.5) is 5.69 Å². The predicted octanol–water partition coefficient (Wildman–Crippen LogP) is 1.17. The van der Waals surface area contributed by atoms with Crippen molar-refractivity contribution in [1.29, 1.82) is 0 Å². The minimum absolute atomic E-state index is 0.0416. The number of hydrogen-bond donors (Lipinski definition) is 0. The van der Waals surface area contributed by atoms with E-state index < -0.39 is 10.0 Å². The minimum Gasteiger partial charge on any atom is -0.312 e. The van der Waals surface area contributed by atoms with Gasteiger partial charge in [-0.25, -0.2) is 12.7 Å². The van der Waals surface area contributed by atoms with Gasteiger partial charge in [0.05, 0.1) is 10.8 Å². The Morgan fingerprint density at radius 3 is 2.67 bits per heavy atom.